The van der Waals surface area contributed by atoms with E-state index < -0.39 is 13.3 Å². The van der Waals surface area contributed by atoms with E-state index in [9.17, 15) is 4.39 Å². The lowest BCUT2D eigenvalue weighted by Gasteiger charge is -2.14. The number of hydrogen-bond acceptors (Lipinski definition) is 5. The highest BCUT2D eigenvalue weighted by Gasteiger charge is 2.18. The Labute approximate surface area is 127 Å². The minimum atomic E-state index is -2.08. The highest BCUT2D eigenvalue weighted by atomic mass is 32.2. The zero-order chi connectivity index (χ0) is 15.4. The Kier molecular flexibility index (Phi) is 5.22. The Morgan fingerprint density at radius 1 is 1.24 bits per heavy atom. The van der Waals surface area contributed by atoms with Crippen LogP contribution in [0.4, 0.5) is 4.39 Å². The molecule has 21 heavy (non-hydrogen) atoms. The van der Waals surface area contributed by atoms with Crippen molar-refractivity contribution in [2.75, 3.05) is 6.26 Å². The van der Waals surface area contributed by atoms with Gasteiger partial charge in [0.2, 0.25) is 0 Å². The van der Waals surface area contributed by atoms with Crippen LogP contribution in [-0.4, -0.2) is 28.6 Å². The van der Waals surface area contributed by atoms with Crippen molar-refractivity contribution >= 4 is 19.1 Å². The molecule has 1 atom stereocenters. The summed E-state index contributed by atoms with van der Waals surface area (Å²) in [4.78, 5) is 4.76. The molecule has 2 aromatic rings. The van der Waals surface area contributed by atoms with E-state index in [1.165, 1.54) is 12.3 Å². The fourth-order valence-corrected chi connectivity index (χ4v) is 2.37. The highest BCUT2D eigenvalue weighted by Crippen LogP contribution is 2.28. The van der Waals surface area contributed by atoms with Crippen molar-refractivity contribution in [1.29, 1.82) is 0 Å². The predicted octanol–water partition coefficient (Wildman–Crippen LogP) is 2.44. The molecule has 0 spiro atoms. The first kappa shape index (κ1) is 15.8. The minimum absolute atomic E-state index is 0.0211. The van der Waals surface area contributed by atoms with E-state index in [-0.39, 0.29) is 11.7 Å². The summed E-state index contributed by atoms with van der Waals surface area (Å²) in [6, 6.07) is 9.46. The summed E-state index contributed by atoms with van der Waals surface area (Å²) in [5.41, 5.74) is 1.78. The second-order valence-corrected chi connectivity index (χ2v) is 5.38. The first-order chi connectivity index (χ1) is 10.0. The van der Waals surface area contributed by atoms with Crippen LogP contribution in [0.5, 0.6) is 5.75 Å². The molecule has 0 saturated heterocycles. The number of halogens is 1. The molecule has 0 saturated carbocycles. The summed E-state index contributed by atoms with van der Waals surface area (Å²) in [5.74, 6) is -1.18. The molecular weight excluding hydrogens is 292 g/mol. The van der Waals surface area contributed by atoms with Gasteiger partial charge in [-0.05, 0) is 35.6 Å². The molecular formula is C14H15BFNO3S. The smallest absolute Gasteiger partial charge is 0.508 e. The van der Waals surface area contributed by atoms with Crippen molar-refractivity contribution < 1.29 is 19.1 Å². The van der Waals surface area contributed by atoms with Gasteiger partial charge in [-0.15, -0.1) is 11.8 Å². The zero-order valence-corrected chi connectivity index (χ0v) is 12.5. The average Bonchev–Trinajstić information content (AvgIpc) is 2.48. The predicted molar refractivity (Wildman–Crippen MR) is 80.8 cm³/mol. The van der Waals surface area contributed by atoms with Crippen molar-refractivity contribution in [1.82, 2.24) is 4.98 Å². The van der Waals surface area contributed by atoms with Crippen molar-refractivity contribution in [3.8, 4) is 5.75 Å². The summed E-state index contributed by atoms with van der Waals surface area (Å²) >= 11 is 1.66. The summed E-state index contributed by atoms with van der Waals surface area (Å²) in [6.07, 6.45) is 3.42. The second-order valence-electron chi connectivity index (χ2n) is 4.50. The molecule has 1 aromatic heterocycles. The third kappa shape index (κ3) is 3.97. The maximum absolute atomic E-state index is 13.4. The Balaban J connectivity index is 2.27. The summed E-state index contributed by atoms with van der Waals surface area (Å²) in [5, 5.41) is 17.5. The Bertz CT molecular complexity index is 610. The number of rotatable bonds is 5. The SMILES string of the molecule is CSc1ccc(C(C)c2cnc(F)c(OB(O)O)c2)cc1. The van der Waals surface area contributed by atoms with Gasteiger partial charge in [0.15, 0.2) is 5.75 Å². The van der Waals surface area contributed by atoms with Crippen LogP contribution >= 0.6 is 11.8 Å². The zero-order valence-electron chi connectivity index (χ0n) is 11.7. The molecule has 1 heterocycles. The molecule has 0 amide bonds. The number of nitrogens with zero attached hydrogens (tertiary/aromatic N) is 1. The van der Waals surface area contributed by atoms with Crippen LogP contribution in [0, 0.1) is 5.95 Å². The maximum Gasteiger partial charge on any atom is 0.707 e. The number of hydrogen-bond donors (Lipinski definition) is 2. The van der Waals surface area contributed by atoms with E-state index in [0.29, 0.717) is 0 Å². The Morgan fingerprint density at radius 3 is 2.48 bits per heavy atom. The Morgan fingerprint density at radius 2 is 1.90 bits per heavy atom. The lowest BCUT2D eigenvalue weighted by molar-refractivity contribution is 0.279. The lowest BCUT2D eigenvalue weighted by atomic mass is 9.94. The third-order valence-corrected chi connectivity index (χ3v) is 3.92. The van der Waals surface area contributed by atoms with Crippen LogP contribution in [0.25, 0.3) is 0 Å². The van der Waals surface area contributed by atoms with Gasteiger partial charge in [-0.3, -0.25) is 0 Å². The van der Waals surface area contributed by atoms with Gasteiger partial charge in [0.1, 0.15) is 0 Å². The van der Waals surface area contributed by atoms with E-state index in [4.69, 9.17) is 10.0 Å². The average molecular weight is 307 g/mol. The van der Waals surface area contributed by atoms with Gasteiger partial charge in [0, 0.05) is 17.0 Å². The summed E-state index contributed by atoms with van der Waals surface area (Å²) in [6.45, 7) is 1.96. The Hall–Kier alpha value is -1.57. The quantitative estimate of drug-likeness (QED) is 0.505. The van der Waals surface area contributed by atoms with Crippen LogP contribution in [0.2, 0.25) is 0 Å². The third-order valence-electron chi connectivity index (χ3n) is 3.18. The van der Waals surface area contributed by atoms with Crippen LogP contribution < -0.4 is 4.65 Å². The molecule has 2 N–H and O–H groups in total. The van der Waals surface area contributed by atoms with Gasteiger partial charge in [0.25, 0.3) is 5.95 Å². The number of pyridine rings is 1. The van der Waals surface area contributed by atoms with Crippen molar-refractivity contribution in [2.24, 2.45) is 0 Å². The molecule has 2 rings (SSSR count). The van der Waals surface area contributed by atoms with Crippen molar-refractivity contribution in [3.05, 3.63) is 53.6 Å². The fourth-order valence-electron chi connectivity index (χ4n) is 1.96. The second kappa shape index (κ2) is 6.93. The molecule has 0 radical (unpaired) electrons. The minimum Gasteiger partial charge on any atom is -0.508 e. The highest BCUT2D eigenvalue weighted by molar-refractivity contribution is 7.98. The van der Waals surface area contributed by atoms with Crippen molar-refractivity contribution in [2.45, 2.75) is 17.7 Å². The molecule has 0 aliphatic carbocycles. The topological polar surface area (TPSA) is 62.6 Å². The first-order valence-electron chi connectivity index (χ1n) is 6.33. The molecule has 7 heteroatoms. The molecule has 0 fully saturated rings. The van der Waals surface area contributed by atoms with Gasteiger partial charge < -0.3 is 14.7 Å². The molecule has 0 aliphatic rings. The largest absolute Gasteiger partial charge is 0.707 e. The molecule has 110 valence electrons. The van der Waals surface area contributed by atoms with Gasteiger partial charge in [-0.25, -0.2) is 4.98 Å². The molecule has 0 bridgehead atoms. The normalized spacial score (nSPS) is 12.0. The number of thioether (sulfide) groups is 1. The molecule has 1 aromatic carbocycles. The van der Waals surface area contributed by atoms with E-state index in [0.717, 1.165) is 16.0 Å². The molecule has 4 nitrogen and oxygen atoms in total. The number of aromatic nitrogens is 1. The number of benzene rings is 1. The van der Waals surface area contributed by atoms with Crippen LogP contribution in [0.1, 0.15) is 24.0 Å². The van der Waals surface area contributed by atoms with E-state index in [2.05, 4.69) is 9.64 Å². The summed E-state index contributed by atoms with van der Waals surface area (Å²) < 4.78 is 18.0. The maximum atomic E-state index is 13.4. The van der Waals surface area contributed by atoms with E-state index >= 15 is 0 Å². The van der Waals surface area contributed by atoms with E-state index in [1.807, 2.05) is 37.4 Å². The van der Waals surface area contributed by atoms with Crippen LogP contribution in [-0.2, 0) is 0 Å². The van der Waals surface area contributed by atoms with Gasteiger partial charge in [0.05, 0.1) is 0 Å². The van der Waals surface area contributed by atoms with Crippen LogP contribution in [0.3, 0.4) is 0 Å². The van der Waals surface area contributed by atoms with Gasteiger partial charge in [-0.2, -0.15) is 4.39 Å². The monoisotopic (exact) mass is 307 g/mol. The summed E-state index contributed by atoms with van der Waals surface area (Å²) in [7, 11) is -2.08. The standard InChI is InChI=1S/C14H15BFNO3S/c1-9(10-3-5-12(21-2)6-4-10)11-7-13(20-15(18)19)14(16)17-8-11/h3-9,18-19H,1-2H3. The first-order valence-corrected chi connectivity index (χ1v) is 7.56. The fraction of sp³-hybridized carbons (Fsp3) is 0.214. The lowest BCUT2D eigenvalue weighted by Crippen LogP contribution is -2.21. The van der Waals surface area contributed by atoms with Gasteiger partial charge >= 0.3 is 7.32 Å². The van der Waals surface area contributed by atoms with Gasteiger partial charge in [-0.1, -0.05) is 19.1 Å². The van der Waals surface area contributed by atoms with Crippen LogP contribution in [0.15, 0.2) is 41.4 Å². The molecule has 0 aliphatic heterocycles. The molecule has 1 unspecified atom stereocenters. The van der Waals surface area contributed by atoms with Crippen molar-refractivity contribution in [3.63, 3.8) is 0 Å². The van der Waals surface area contributed by atoms with E-state index in [1.54, 1.807) is 11.8 Å².